The maximum atomic E-state index is 6.25. The average Bonchev–Trinajstić information content (AvgIpc) is 3.21. The molecule has 0 saturated carbocycles. The van der Waals surface area contributed by atoms with Crippen LogP contribution in [0.15, 0.2) is 58.1 Å². The van der Waals surface area contributed by atoms with E-state index in [4.69, 9.17) is 10.7 Å². The molecule has 0 spiro atoms. The molecule has 3 N–H and O–H groups in total. The van der Waals surface area contributed by atoms with E-state index in [1.54, 1.807) is 17.5 Å². The van der Waals surface area contributed by atoms with Gasteiger partial charge in [-0.25, -0.2) is 9.98 Å². The monoisotopic (exact) mass is 321 g/mol. The van der Waals surface area contributed by atoms with E-state index in [1.807, 2.05) is 48.8 Å². The molecule has 0 amide bonds. The van der Waals surface area contributed by atoms with Gasteiger partial charge in [-0.3, -0.25) is 4.99 Å². The van der Waals surface area contributed by atoms with Crippen molar-refractivity contribution >= 4 is 28.7 Å². The van der Waals surface area contributed by atoms with Gasteiger partial charge in [0.05, 0.1) is 11.4 Å². The van der Waals surface area contributed by atoms with Crippen molar-refractivity contribution in [1.29, 1.82) is 0 Å². The van der Waals surface area contributed by atoms with Crippen molar-refractivity contribution in [2.45, 2.75) is 13.0 Å². The van der Waals surface area contributed by atoms with Crippen molar-refractivity contribution in [3.8, 4) is 0 Å². The predicted molar refractivity (Wildman–Crippen MR) is 93.7 cm³/mol. The lowest BCUT2D eigenvalue weighted by atomic mass is 10.0. The van der Waals surface area contributed by atoms with Crippen LogP contribution in [-0.2, 0) is 0 Å². The smallest absolute Gasteiger partial charge is 0.163 e. The second-order valence-electron chi connectivity index (χ2n) is 5.34. The van der Waals surface area contributed by atoms with Gasteiger partial charge in [0, 0.05) is 22.8 Å². The van der Waals surface area contributed by atoms with E-state index in [0.29, 0.717) is 11.7 Å². The molecule has 3 aromatic rings. The fraction of sp³-hybridized carbons (Fsp3) is 0.118. The molecule has 1 unspecified atom stereocenters. The zero-order valence-electron chi connectivity index (χ0n) is 12.5. The minimum Gasteiger partial charge on any atom is -0.385 e. The van der Waals surface area contributed by atoms with Crippen LogP contribution in [0.3, 0.4) is 0 Å². The Kier molecular flexibility index (Phi) is 3.31. The number of nitrogens with two attached hydrogens (primary N) is 1. The summed E-state index contributed by atoms with van der Waals surface area (Å²) in [5, 5.41) is 2.02. The van der Waals surface area contributed by atoms with E-state index >= 15 is 0 Å². The molecule has 0 fully saturated rings. The fourth-order valence-corrected chi connectivity index (χ4v) is 3.48. The van der Waals surface area contributed by atoms with Gasteiger partial charge in [-0.1, -0.05) is 6.07 Å². The van der Waals surface area contributed by atoms with Crippen molar-refractivity contribution < 1.29 is 0 Å². The number of nitrogens with one attached hydrogen (secondary N) is 1. The summed E-state index contributed by atoms with van der Waals surface area (Å²) in [5.41, 5.74) is 10.0. The van der Waals surface area contributed by atoms with Gasteiger partial charge in [0.1, 0.15) is 11.9 Å². The first-order valence-electron chi connectivity index (χ1n) is 7.29. The average molecular weight is 321 g/mol. The zero-order chi connectivity index (χ0) is 15.8. The van der Waals surface area contributed by atoms with E-state index in [9.17, 15) is 0 Å². The van der Waals surface area contributed by atoms with E-state index in [0.717, 1.165) is 27.4 Å². The fourth-order valence-electron chi connectivity index (χ4n) is 2.70. The lowest BCUT2D eigenvalue weighted by Gasteiger charge is -2.11. The number of rotatable bonds is 2. The quantitative estimate of drug-likeness (QED) is 0.759. The van der Waals surface area contributed by atoms with Gasteiger partial charge >= 0.3 is 0 Å². The second kappa shape index (κ2) is 5.48. The summed E-state index contributed by atoms with van der Waals surface area (Å²) >= 11 is 1.63. The summed E-state index contributed by atoms with van der Waals surface area (Å²) in [6.45, 7) is 2.04. The highest BCUT2D eigenvalue weighted by Crippen LogP contribution is 2.32. The van der Waals surface area contributed by atoms with Crippen LogP contribution in [0.25, 0.3) is 0 Å². The Labute approximate surface area is 137 Å². The molecule has 0 bridgehead atoms. The molecule has 5 nitrogen and oxygen atoms in total. The molecule has 114 valence electrons. The van der Waals surface area contributed by atoms with Crippen LogP contribution in [0.4, 0.5) is 5.82 Å². The molecule has 1 atom stereocenters. The number of aliphatic imine (C=N–C) groups is 2. The highest BCUT2D eigenvalue weighted by molar-refractivity contribution is 7.10. The number of H-pyrrole nitrogens is 1. The molecule has 4 heterocycles. The minimum absolute atomic E-state index is 0.290. The number of hydrogen-bond acceptors (Lipinski definition) is 5. The molecule has 6 heteroatoms. The standard InChI is InChI=1S/C17H15N5S/c1-10-6-8-20-17-13(10)14(11-4-2-7-19-11)21-15(16(18)22-17)12-5-3-9-23-12/h2-9,15,19H,1H3,(H2,18,20,22). The van der Waals surface area contributed by atoms with E-state index < -0.39 is 0 Å². The Morgan fingerprint density at radius 3 is 2.87 bits per heavy atom. The normalized spacial score (nSPS) is 17.2. The third-order valence-electron chi connectivity index (χ3n) is 3.82. The van der Waals surface area contributed by atoms with Crippen molar-refractivity contribution in [3.05, 3.63) is 69.8 Å². The van der Waals surface area contributed by atoms with Gasteiger partial charge in [0.15, 0.2) is 5.82 Å². The van der Waals surface area contributed by atoms with E-state index in [2.05, 4.69) is 15.0 Å². The number of pyridine rings is 1. The SMILES string of the molecule is Cc1ccnc2c1C(c1ccc[nH]1)=NC(c1cccs1)C(N)=N2. The number of fused-ring (bicyclic) bond motifs is 1. The van der Waals surface area contributed by atoms with Gasteiger partial charge in [0.2, 0.25) is 0 Å². The van der Waals surface area contributed by atoms with Crippen molar-refractivity contribution in [3.63, 3.8) is 0 Å². The van der Waals surface area contributed by atoms with E-state index in [1.165, 1.54) is 0 Å². The van der Waals surface area contributed by atoms with Crippen molar-refractivity contribution in [2.24, 2.45) is 15.7 Å². The van der Waals surface area contributed by atoms with E-state index in [-0.39, 0.29) is 6.04 Å². The third-order valence-corrected chi connectivity index (χ3v) is 4.74. The number of aromatic amines is 1. The summed E-state index contributed by atoms with van der Waals surface area (Å²) in [5.74, 6) is 1.09. The maximum absolute atomic E-state index is 6.25. The number of hydrogen-bond donors (Lipinski definition) is 2. The van der Waals surface area contributed by atoms with Crippen LogP contribution >= 0.6 is 11.3 Å². The summed E-state index contributed by atoms with van der Waals surface area (Å²) in [7, 11) is 0. The molecule has 4 rings (SSSR count). The Bertz CT molecular complexity index is 891. The predicted octanol–water partition coefficient (Wildman–Crippen LogP) is 3.36. The van der Waals surface area contributed by atoms with Crippen molar-refractivity contribution in [2.75, 3.05) is 0 Å². The first kappa shape index (κ1) is 13.9. The molecular formula is C17H15N5S. The second-order valence-corrected chi connectivity index (χ2v) is 6.32. The van der Waals surface area contributed by atoms with Gasteiger partial charge in [-0.2, -0.15) is 0 Å². The number of aryl methyl sites for hydroxylation is 1. The van der Waals surface area contributed by atoms with Crippen LogP contribution in [-0.4, -0.2) is 21.5 Å². The van der Waals surface area contributed by atoms with Gasteiger partial charge in [-0.15, -0.1) is 11.3 Å². The molecule has 1 aliphatic rings. The Morgan fingerprint density at radius 1 is 1.22 bits per heavy atom. The summed E-state index contributed by atoms with van der Waals surface area (Å²) in [6.07, 6.45) is 3.64. The van der Waals surface area contributed by atoms with Crippen LogP contribution in [0.1, 0.15) is 27.7 Å². The summed E-state index contributed by atoms with van der Waals surface area (Å²) < 4.78 is 0. The van der Waals surface area contributed by atoms with Gasteiger partial charge < -0.3 is 10.7 Å². The summed E-state index contributed by atoms with van der Waals surface area (Å²) in [4.78, 5) is 18.2. The van der Waals surface area contributed by atoms with Crippen LogP contribution in [0.5, 0.6) is 0 Å². The lowest BCUT2D eigenvalue weighted by molar-refractivity contribution is 0.976. The number of thiophene rings is 1. The molecule has 0 saturated heterocycles. The van der Waals surface area contributed by atoms with Gasteiger partial charge in [0.25, 0.3) is 0 Å². The largest absolute Gasteiger partial charge is 0.385 e. The van der Waals surface area contributed by atoms with Crippen LogP contribution in [0.2, 0.25) is 0 Å². The number of nitrogens with zero attached hydrogens (tertiary/aromatic N) is 3. The Balaban J connectivity index is 1.99. The minimum atomic E-state index is -0.290. The highest BCUT2D eigenvalue weighted by Gasteiger charge is 2.25. The number of amidine groups is 1. The zero-order valence-corrected chi connectivity index (χ0v) is 13.3. The third kappa shape index (κ3) is 2.37. The highest BCUT2D eigenvalue weighted by atomic mass is 32.1. The first-order chi connectivity index (χ1) is 11.2. The van der Waals surface area contributed by atoms with Gasteiger partial charge in [-0.05, 0) is 42.1 Å². The molecule has 0 radical (unpaired) electrons. The molecule has 0 aromatic carbocycles. The Hall–Kier alpha value is -2.73. The molecular weight excluding hydrogens is 306 g/mol. The molecule has 23 heavy (non-hydrogen) atoms. The lowest BCUT2D eigenvalue weighted by Crippen LogP contribution is -2.20. The first-order valence-corrected chi connectivity index (χ1v) is 8.17. The Morgan fingerprint density at radius 2 is 2.13 bits per heavy atom. The molecule has 1 aliphatic heterocycles. The van der Waals surface area contributed by atoms with Crippen LogP contribution in [0, 0.1) is 6.92 Å². The van der Waals surface area contributed by atoms with Crippen LogP contribution < -0.4 is 5.73 Å². The maximum Gasteiger partial charge on any atom is 0.163 e. The topological polar surface area (TPSA) is 79.4 Å². The summed E-state index contributed by atoms with van der Waals surface area (Å²) in [6, 6.07) is 9.67. The molecule has 3 aromatic heterocycles. The number of aromatic nitrogens is 2. The molecule has 0 aliphatic carbocycles. The van der Waals surface area contributed by atoms with Crippen molar-refractivity contribution in [1.82, 2.24) is 9.97 Å².